The third kappa shape index (κ3) is 1.37. The first kappa shape index (κ1) is 12.6. The van der Waals surface area contributed by atoms with Crippen molar-refractivity contribution in [3.05, 3.63) is 41.5 Å². The molecule has 0 N–H and O–H groups in total. The van der Waals surface area contributed by atoms with Crippen LogP contribution in [0.25, 0.3) is 0 Å². The molecule has 1 saturated heterocycles. The smallest absolute Gasteiger partial charge is 0.238 e. The highest BCUT2D eigenvalue weighted by Gasteiger charge is 2.67. The van der Waals surface area contributed by atoms with Crippen molar-refractivity contribution in [2.75, 3.05) is 4.90 Å². The van der Waals surface area contributed by atoms with Crippen molar-refractivity contribution in [1.29, 1.82) is 0 Å². The zero-order valence-corrected chi connectivity index (χ0v) is 12.8. The molecule has 1 aliphatic heterocycles. The van der Waals surface area contributed by atoms with Gasteiger partial charge >= 0.3 is 0 Å². The van der Waals surface area contributed by atoms with Crippen LogP contribution < -0.4 is 4.90 Å². The molecule has 0 aromatic heterocycles. The molecule has 6 atom stereocenters. The Labute approximate surface area is 130 Å². The SMILES string of the molecule is Cc1ccc(C)c(N2C(=O)[C@H]3[C@@H]4C=C[C@H]([C@H]5C[C@H]45)[C@@H]3C2=O)c1. The summed E-state index contributed by atoms with van der Waals surface area (Å²) in [6.07, 6.45) is 5.65. The van der Waals surface area contributed by atoms with E-state index >= 15 is 0 Å². The first-order chi connectivity index (χ1) is 10.6. The topological polar surface area (TPSA) is 37.4 Å². The second-order valence-electron chi connectivity index (χ2n) is 7.46. The first-order valence-corrected chi connectivity index (χ1v) is 8.21. The standard InChI is InChI=1S/C19H19NO2/c1-9-3-4-10(2)15(7-9)20-18(21)16-11-5-6-12(14-8-13(11)14)17(16)19(20)22/h3-7,11-14,16-17H,8H2,1-2H3/t11-,12-,13-,14-,16+,17+/m1/s1. The van der Waals surface area contributed by atoms with Gasteiger partial charge in [0.2, 0.25) is 11.8 Å². The highest BCUT2D eigenvalue weighted by molar-refractivity contribution is 6.23. The van der Waals surface area contributed by atoms with Gasteiger partial charge in [-0.05, 0) is 61.1 Å². The Hall–Kier alpha value is -1.90. The molecule has 3 heteroatoms. The zero-order valence-electron chi connectivity index (χ0n) is 12.8. The number of hydrogen-bond donors (Lipinski definition) is 0. The molecule has 3 nitrogen and oxygen atoms in total. The minimum Gasteiger partial charge on any atom is -0.274 e. The molecule has 1 aromatic rings. The number of rotatable bonds is 1. The predicted octanol–water partition coefficient (Wildman–Crippen LogP) is 2.86. The Balaban J connectivity index is 1.62. The number of carbonyl (C=O) groups is 2. The highest BCUT2D eigenvalue weighted by atomic mass is 16.2. The number of allylic oxidation sites excluding steroid dienone is 2. The molecule has 2 bridgehead atoms. The monoisotopic (exact) mass is 293 g/mol. The van der Waals surface area contributed by atoms with E-state index < -0.39 is 0 Å². The largest absolute Gasteiger partial charge is 0.274 e. The lowest BCUT2D eigenvalue weighted by Gasteiger charge is -2.37. The van der Waals surface area contributed by atoms with Gasteiger partial charge < -0.3 is 0 Å². The Kier molecular flexibility index (Phi) is 2.23. The molecule has 2 amide bonds. The summed E-state index contributed by atoms with van der Waals surface area (Å²) >= 11 is 0. The van der Waals surface area contributed by atoms with E-state index in [1.807, 2.05) is 32.0 Å². The van der Waals surface area contributed by atoms with Gasteiger partial charge in [-0.1, -0.05) is 24.3 Å². The van der Waals surface area contributed by atoms with Gasteiger partial charge in [0.15, 0.2) is 0 Å². The average Bonchev–Trinajstić information content (AvgIpc) is 3.28. The van der Waals surface area contributed by atoms with Crippen LogP contribution in [0.3, 0.4) is 0 Å². The maximum Gasteiger partial charge on any atom is 0.238 e. The van der Waals surface area contributed by atoms with E-state index in [1.165, 1.54) is 11.3 Å². The van der Waals surface area contributed by atoms with Crippen molar-refractivity contribution < 1.29 is 9.59 Å². The summed E-state index contributed by atoms with van der Waals surface area (Å²) in [6, 6.07) is 5.99. The number of aryl methyl sites for hydroxylation is 2. The van der Waals surface area contributed by atoms with E-state index in [4.69, 9.17) is 0 Å². The molecular weight excluding hydrogens is 274 g/mol. The maximum atomic E-state index is 13.0. The van der Waals surface area contributed by atoms with Crippen LogP contribution in [0.15, 0.2) is 30.4 Å². The summed E-state index contributed by atoms with van der Waals surface area (Å²) in [4.78, 5) is 27.6. The molecule has 2 saturated carbocycles. The summed E-state index contributed by atoms with van der Waals surface area (Å²) in [5, 5.41) is 0. The quantitative estimate of drug-likeness (QED) is 0.590. The van der Waals surface area contributed by atoms with E-state index in [0.717, 1.165) is 16.8 Å². The number of carbonyl (C=O) groups excluding carboxylic acids is 2. The van der Waals surface area contributed by atoms with Crippen molar-refractivity contribution in [2.24, 2.45) is 35.5 Å². The Morgan fingerprint density at radius 3 is 2.14 bits per heavy atom. The summed E-state index contributed by atoms with van der Waals surface area (Å²) < 4.78 is 0. The van der Waals surface area contributed by atoms with Crippen molar-refractivity contribution in [3.8, 4) is 0 Å². The fraction of sp³-hybridized carbons (Fsp3) is 0.474. The third-order valence-electron chi connectivity index (χ3n) is 6.27. The molecule has 0 spiro atoms. The van der Waals surface area contributed by atoms with Crippen molar-refractivity contribution in [1.82, 2.24) is 0 Å². The lowest BCUT2D eigenvalue weighted by atomic mass is 9.63. The highest BCUT2D eigenvalue weighted by Crippen LogP contribution is 2.65. The second-order valence-corrected chi connectivity index (χ2v) is 7.46. The number of amides is 2. The minimum atomic E-state index is -0.105. The lowest BCUT2D eigenvalue weighted by Crippen LogP contribution is -2.40. The number of anilines is 1. The summed E-state index contributed by atoms with van der Waals surface area (Å²) in [7, 11) is 0. The van der Waals surface area contributed by atoms with Crippen molar-refractivity contribution in [2.45, 2.75) is 20.3 Å². The van der Waals surface area contributed by atoms with Gasteiger partial charge in [0, 0.05) is 0 Å². The molecule has 4 aliphatic carbocycles. The number of imide groups is 1. The second kappa shape index (κ2) is 3.89. The number of nitrogens with zero attached hydrogens (tertiary/aromatic N) is 1. The zero-order chi connectivity index (χ0) is 15.2. The molecule has 1 aromatic carbocycles. The van der Waals surface area contributed by atoms with Crippen LogP contribution >= 0.6 is 0 Å². The lowest BCUT2D eigenvalue weighted by molar-refractivity contribution is -0.124. The number of benzene rings is 1. The molecular formula is C19H19NO2. The number of hydrogen-bond acceptors (Lipinski definition) is 2. The van der Waals surface area contributed by atoms with E-state index in [2.05, 4.69) is 12.2 Å². The molecule has 112 valence electrons. The van der Waals surface area contributed by atoms with Gasteiger partial charge in [-0.2, -0.15) is 0 Å². The summed E-state index contributed by atoms with van der Waals surface area (Å²) in [6.45, 7) is 3.98. The fourth-order valence-corrected chi connectivity index (χ4v) is 5.15. The minimum absolute atomic E-state index is 0.0356. The molecule has 1 heterocycles. The van der Waals surface area contributed by atoms with Gasteiger partial charge in [0.05, 0.1) is 17.5 Å². The van der Waals surface area contributed by atoms with E-state index in [1.54, 1.807) is 0 Å². The van der Waals surface area contributed by atoms with Gasteiger partial charge in [-0.3, -0.25) is 9.59 Å². The van der Waals surface area contributed by atoms with Crippen molar-refractivity contribution >= 4 is 17.5 Å². The van der Waals surface area contributed by atoms with Crippen LogP contribution in [0.1, 0.15) is 17.5 Å². The molecule has 22 heavy (non-hydrogen) atoms. The van der Waals surface area contributed by atoms with E-state index in [9.17, 15) is 9.59 Å². The molecule has 6 rings (SSSR count). The van der Waals surface area contributed by atoms with Gasteiger partial charge in [-0.25, -0.2) is 4.90 Å². The summed E-state index contributed by atoms with van der Waals surface area (Å²) in [5.74, 6) is 1.77. The van der Waals surface area contributed by atoms with Crippen LogP contribution in [0, 0.1) is 49.4 Å². The molecule has 3 fully saturated rings. The van der Waals surface area contributed by atoms with E-state index in [0.29, 0.717) is 23.7 Å². The third-order valence-corrected chi connectivity index (χ3v) is 6.27. The normalized spacial score (nSPS) is 40.9. The molecule has 0 unspecified atom stereocenters. The van der Waals surface area contributed by atoms with Gasteiger partial charge in [0.25, 0.3) is 0 Å². The maximum absolute atomic E-state index is 13.0. The van der Waals surface area contributed by atoms with Crippen LogP contribution in [-0.4, -0.2) is 11.8 Å². The van der Waals surface area contributed by atoms with Crippen LogP contribution in [-0.2, 0) is 9.59 Å². The van der Waals surface area contributed by atoms with Gasteiger partial charge in [0.1, 0.15) is 0 Å². The Morgan fingerprint density at radius 2 is 1.55 bits per heavy atom. The Bertz CT molecular complexity index is 714. The Morgan fingerprint density at radius 1 is 0.955 bits per heavy atom. The van der Waals surface area contributed by atoms with Crippen LogP contribution in [0.2, 0.25) is 0 Å². The van der Waals surface area contributed by atoms with Crippen LogP contribution in [0.5, 0.6) is 0 Å². The van der Waals surface area contributed by atoms with E-state index in [-0.39, 0.29) is 23.7 Å². The average molecular weight is 293 g/mol. The molecule has 0 radical (unpaired) electrons. The van der Waals surface area contributed by atoms with Crippen molar-refractivity contribution in [3.63, 3.8) is 0 Å². The summed E-state index contributed by atoms with van der Waals surface area (Å²) in [5.41, 5.74) is 2.87. The van der Waals surface area contributed by atoms with Crippen LogP contribution in [0.4, 0.5) is 5.69 Å². The first-order valence-electron chi connectivity index (χ1n) is 8.21. The fourth-order valence-electron chi connectivity index (χ4n) is 5.15. The molecule has 5 aliphatic rings. The predicted molar refractivity (Wildman–Crippen MR) is 83.1 cm³/mol. The van der Waals surface area contributed by atoms with Gasteiger partial charge in [-0.15, -0.1) is 0 Å².